The van der Waals surface area contributed by atoms with Crippen LogP contribution in [0.2, 0.25) is 0 Å². The van der Waals surface area contributed by atoms with Gasteiger partial charge in [-0.3, -0.25) is 4.98 Å². The fourth-order valence-electron chi connectivity index (χ4n) is 3.51. The van der Waals surface area contributed by atoms with Crippen molar-refractivity contribution < 1.29 is 4.42 Å². The number of nitrogen functional groups attached to an aromatic ring is 1. The first-order valence-corrected chi connectivity index (χ1v) is 8.94. The summed E-state index contributed by atoms with van der Waals surface area (Å²) in [4.78, 5) is 18.2. The number of nitrogens with two attached hydrogens (primary N) is 1. The Bertz CT molecular complexity index is 1140. The average Bonchev–Trinajstić information content (AvgIpc) is 3.06. The first-order valence-electron chi connectivity index (χ1n) is 8.94. The van der Waals surface area contributed by atoms with Crippen molar-refractivity contribution in [2.75, 3.05) is 18.8 Å². The second-order valence-electron chi connectivity index (χ2n) is 6.74. The number of fused-ring (bicyclic) bond motifs is 2. The number of nitrogens with one attached hydrogen (secondary N) is 2. The van der Waals surface area contributed by atoms with Gasteiger partial charge >= 0.3 is 0 Å². The second-order valence-corrected chi connectivity index (χ2v) is 6.74. The van der Waals surface area contributed by atoms with Gasteiger partial charge in [0.2, 0.25) is 0 Å². The van der Waals surface area contributed by atoms with Crippen molar-refractivity contribution in [1.82, 2.24) is 30.6 Å². The molecule has 5 rings (SSSR count). The number of rotatable bonds is 2. The van der Waals surface area contributed by atoms with E-state index in [1.165, 1.54) is 0 Å². The Hall–Kier alpha value is -3.10. The lowest BCUT2D eigenvalue weighted by Crippen LogP contribution is -2.49. The molecule has 4 aromatic rings. The first kappa shape index (κ1) is 16.1. The van der Waals surface area contributed by atoms with Gasteiger partial charge in [-0.1, -0.05) is 0 Å². The van der Waals surface area contributed by atoms with Gasteiger partial charge < -0.3 is 20.8 Å². The molecule has 1 aliphatic rings. The molecule has 2 atom stereocenters. The Balaban J connectivity index is 1.56. The van der Waals surface area contributed by atoms with Gasteiger partial charge in [0.25, 0.3) is 6.01 Å². The molecule has 0 spiro atoms. The summed E-state index contributed by atoms with van der Waals surface area (Å²) >= 11 is 0. The lowest BCUT2D eigenvalue weighted by molar-refractivity contribution is 0.340. The van der Waals surface area contributed by atoms with E-state index in [9.17, 15) is 0 Å². The summed E-state index contributed by atoms with van der Waals surface area (Å²) in [5.74, 6) is 0. The van der Waals surface area contributed by atoms with E-state index in [4.69, 9.17) is 20.1 Å². The number of hydrogen-bond acceptors (Lipinski definition) is 8. The molecule has 8 heteroatoms. The molecule has 1 saturated heterocycles. The van der Waals surface area contributed by atoms with E-state index in [0.29, 0.717) is 16.7 Å². The number of oxazole rings is 1. The molecule has 1 aromatic carbocycles. The van der Waals surface area contributed by atoms with Crippen LogP contribution in [-0.2, 0) is 0 Å². The zero-order chi connectivity index (χ0) is 18.4. The molecule has 0 radical (unpaired) electrons. The van der Waals surface area contributed by atoms with Crippen molar-refractivity contribution in [3.63, 3.8) is 0 Å². The molecule has 136 valence electrons. The van der Waals surface area contributed by atoms with Crippen molar-refractivity contribution in [2.24, 2.45) is 0 Å². The number of benzene rings is 1. The van der Waals surface area contributed by atoms with Gasteiger partial charge in [-0.15, -0.1) is 0 Å². The molecule has 0 aliphatic carbocycles. The number of aromatic nitrogens is 4. The van der Waals surface area contributed by atoms with Crippen molar-refractivity contribution in [3.05, 3.63) is 42.2 Å². The van der Waals surface area contributed by atoms with Gasteiger partial charge in [0, 0.05) is 24.7 Å². The van der Waals surface area contributed by atoms with Gasteiger partial charge in [0.1, 0.15) is 11.0 Å². The van der Waals surface area contributed by atoms with E-state index in [1.807, 2.05) is 36.5 Å². The molecule has 0 bridgehead atoms. The van der Waals surface area contributed by atoms with E-state index in [1.54, 1.807) is 0 Å². The van der Waals surface area contributed by atoms with Gasteiger partial charge in [-0.2, -0.15) is 4.98 Å². The number of pyridine rings is 1. The normalized spacial score (nSPS) is 20.3. The number of hydrogen-bond donors (Lipinski definition) is 3. The Morgan fingerprint density at radius 2 is 1.93 bits per heavy atom. The van der Waals surface area contributed by atoms with Crippen molar-refractivity contribution in [2.45, 2.75) is 19.0 Å². The number of nitrogens with zero attached hydrogens (tertiary/aromatic N) is 4. The van der Waals surface area contributed by atoms with Crippen LogP contribution in [-0.4, -0.2) is 39.1 Å². The molecule has 0 saturated carbocycles. The fourth-order valence-corrected chi connectivity index (χ4v) is 3.51. The molecule has 4 N–H and O–H groups in total. The third kappa shape index (κ3) is 2.88. The smallest absolute Gasteiger partial charge is 0.292 e. The third-order valence-corrected chi connectivity index (χ3v) is 4.90. The summed E-state index contributed by atoms with van der Waals surface area (Å²) in [6, 6.07) is 10.1. The molecule has 4 heterocycles. The molecular weight excluding hydrogens is 342 g/mol. The summed E-state index contributed by atoms with van der Waals surface area (Å²) < 4.78 is 5.33. The Kier molecular flexibility index (Phi) is 3.73. The predicted molar refractivity (Wildman–Crippen MR) is 103 cm³/mol. The maximum atomic E-state index is 5.63. The van der Waals surface area contributed by atoms with E-state index < -0.39 is 0 Å². The molecule has 8 nitrogen and oxygen atoms in total. The van der Waals surface area contributed by atoms with Crippen LogP contribution in [0.15, 0.2) is 40.9 Å². The topological polar surface area (TPSA) is 115 Å². The monoisotopic (exact) mass is 361 g/mol. The molecule has 0 amide bonds. The van der Waals surface area contributed by atoms with Crippen LogP contribution in [0.1, 0.15) is 18.7 Å². The van der Waals surface area contributed by atoms with Crippen LogP contribution in [0, 0.1) is 0 Å². The number of piperazine rings is 1. The minimum atomic E-state index is 0.121. The zero-order valence-corrected chi connectivity index (χ0v) is 14.8. The molecule has 1 aliphatic heterocycles. The lowest BCUT2D eigenvalue weighted by Gasteiger charge is -2.30. The van der Waals surface area contributed by atoms with Gasteiger partial charge in [-0.05, 0) is 37.3 Å². The standard InChI is InChI=1S/C19H19N7O/c1-10-17(22-7-6-21-10)15-9-23-13-4-3-12(24-18(13)25-15)11-2-5-16-14(8-11)26-19(20)27-16/h2-5,8-10,17,21-22H,6-7H2,1H3,(H2,20,26)/t10-,17?/m0/s1. The van der Waals surface area contributed by atoms with Gasteiger partial charge in [-0.25, -0.2) is 9.97 Å². The molecule has 1 fully saturated rings. The van der Waals surface area contributed by atoms with Crippen LogP contribution in [0.4, 0.5) is 6.01 Å². The minimum Gasteiger partial charge on any atom is -0.424 e. The highest BCUT2D eigenvalue weighted by molar-refractivity contribution is 5.82. The minimum absolute atomic E-state index is 0.121. The van der Waals surface area contributed by atoms with E-state index >= 15 is 0 Å². The largest absolute Gasteiger partial charge is 0.424 e. The van der Waals surface area contributed by atoms with Crippen LogP contribution in [0.25, 0.3) is 33.5 Å². The quantitative estimate of drug-likeness (QED) is 0.497. The molecular formula is C19H19N7O. The highest BCUT2D eigenvalue weighted by Gasteiger charge is 2.23. The Morgan fingerprint density at radius 1 is 1.04 bits per heavy atom. The molecule has 3 aromatic heterocycles. The summed E-state index contributed by atoms with van der Waals surface area (Å²) in [5.41, 5.74) is 11.0. The van der Waals surface area contributed by atoms with Gasteiger partial charge in [0.05, 0.1) is 23.6 Å². The predicted octanol–water partition coefficient (Wildman–Crippen LogP) is 2.04. The van der Waals surface area contributed by atoms with Crippen LogP contribution in [0.3, 0.4) is 0 Å². The van der Waals surface area contributed by atoms with Crippen LogP contribution >= 0.6 is 0 Å². The highest BCUT2D eigenvalue weighted by Crippen LogP contribution is 2.26. The third-order valence-electron chi connectivity index (χ3n) is 4.90. The summed E-state index contributed by atoms with van der Waals surface area (Å²) in [5, 5.41) is 6.95. The van der Waals surface area contributed by atoms with E-state index in [0.717, 1.165) is 35.6 Å². The molecule has 1 unspecified atom stereocenters. The lowest BCUT2D eigenvalue weighted by atomic mass is 10.0. The first-order chi connectivity index (χ1) is 13.2. The SMILES string of the molecule is C[C@@H]1NCCNC1c1cnc2ccc(-c3ccc4oc(N)nc4c3)nc2n1. The van der Waals surface area contributed by atoms with E-state index in [-0.39, 0.29) is 18.1 Å². The van der Waals surface area contributed by atoms with E-state index in [2.05, 4.69) is 27.5 Å². The highest BCUT2D eigenvalue weighted by atomic mass is 16.4. The maximum absolute atomic E-state index is 5.63. The fraction of sp³-hybridized carbons (Fsp3) is 0.263. The Morgan fingerprint density at radius 3 is 2.81 bits per heavy atom. The number of anilines is 1. The summed E-state index contributed by atoms with van der Waals surface area (Å²) in [6.07, 6.45) is 1.83. The average molecular weight is 361 g/mol. The molecule has 27 heavy (non-hydrogen) atoms. The summed E-state index contributed by atoms with van der Waals surface area (Å²) in [7, 11) is 0. The summed E-state index contributed by atoms with van der Waals surface area (Å²) in [6.45, 7) is 4.00. The second kappa shape index (κ2) is 6.26. The van der Waals surface area contributed by atoms with Crippen molar-refractivity contribution in [3.8, 4) is 11.3 Å². The maximum Gasteiger partial charge on any atom is 0.292 e. The van der Waals surface area contributed by atoms with Crippen LogP contribution in [0.5, 0.6) is 0 Å². The Labute approximate surface area is 155 Å². The van der Waals surface area contributed by atoms with Gasteiger partial charge in [0.15, 0.2) is 11.2 Å². The zero-order valence-electron chi connectivity index (χ0n) is 14.8. The van der Waals surface area contributed by atoms with Crippen molar-refractivity contribution in [1.29, 1.82) is 0 Å². The van der Waals surface area contributed by atoms with Crippen LogP contribution < -0.4 is 16.4 Å². The van der Waals surface area contributed by atoms with Crippen molar-refractivity contribution >= 4 is 28.3 Å².